The quantitative estimate of drug-likeness (QED) is 0.639. The molecule has 0 spiro atoms. The molecule has 3 fully saturated rings. The maximum absolute atomic E-state index is 5.54. The summed E-state index contributed by atoms with van der Waals surface area (Å²) in [5.41, 5.74) is 0. The number of guanidine groups is 1. The molecular formula is C17H31N3OS. The van der Waals surface area contributed by atoms with Gasteiger partial charge < -0.3 is 15.0 Å². The van der Waals surface area contributed by atoms with Gasteiger partial charge in [0.1, 0.15) is 0 Å². The molecule has 2 heterocycles. The van der Waals surface area contributed by atoms with Gasteiger partial charge in [-0.05, 0) is 43.8 Å². The van der Waals surface area contributed by atoms with Crippen LogP contribution in [0.15, 0.2) is 4.99 Å². The fourth-order valence-corrected chi connectivity index (χ4v) is 5.14. The Balaban J connectivity index is 1.56. The van der Waals surface area contributed by atoms with E-state index in [-0.39, 0.29) is 0 Å². The van der Waals surface area contributed by atoms with Crippen molar-refractivity contribution < 1.29 is 4.74 Å². The molecule has 126 valence electrons. The van der Waals surface area contributed by atoms with Gasteiger partial charge in [-0.25, -0.2) is 0 Å². The smallest absolute Gasteiger partial charge is 0.193 e. The number of hydrogen-bond donors (Lipinski definition) is 1. The zero-order valence-electron chi connectivity index (χ0n) is 14.1. The molecule has 2 aliphatic heterocycles. The Morgan fingerprint density at radius 3 is 2.41 bits per heavy atom. The molecule has 0 aromatic rings. The molecule has 0 bridgehead atoms. The molecule has 22 heavy (non-hydrogen) atoms. The normalized spacial score (nSPS) is 31.9. The SMILES string of the molecule is CN=C(NCC1(SC)CCOCC1)N1CC2CCCCC2C1. The van der Waals surface area contributed by atoms with Gasteiger partial charge in [0.15, 0.2) is 5.96 Å². The molecule has 3 aliphatic rings. The Hall–Kier alpha value is -0.420. The Morgan fingerprint density at radius 2 is 1.86 bits per heavy atom. The van der Waals surface area contributed by atoms with Crippen molar-refractivity contribution in [3.05, 3.63) is 0 Å². The lowest BCUT2D eigenvalue weighted by molar-refractivity contribution is 0.0781. The number of ether oxygens (including phenoxy) is 1. The van der Waals surface area contributed by atoms with E-state index in [1.807, 2.05) is 18.8 Å². The van der Waals surface area contributed by atoms with Crippen LogP contribution in [0.3, 0.4) is 0 Å². The molecule has 0 amide bonds. The van der Waals surface area contributed by atoms with Crippen LogP contribution in [0.25, 0.3) is 0 Å². The van der Waals surface area contributed by atoms with E-state index in [0.29, 0.717) is 4.75 Å². The molecule has 2 saturated heterocycles. The first-order valence-corrected chi connectivity index (χ1v) is 10.1. The Morgan fingerprint density at radius 1 is 1.23 bits per heavy atom. The van der Waals surface area contributed by atoms with E-state index in [4.69, 9.17) is 4.74 Å². The van der Waals surface area contributed by atoms with Crippen molar-refractivity contribution in [2.45, 2.75) is 43.3 Å². The first kappa shape index (κ1) is 16.4. The lowest BCUT2D eigenvalue weighted by Gasteiger charge is -2.37. The number of hydrogen-bond acceptors (Lipinski definition) is 3. The maximum Gasteiger partial charge on any atom is 0.193 e. The average Bonchev–Trinajstić information content (AvgIpc) is 3.00. The van der Waals surface area contributed by atoms with E-state index in [0.717, 1.165) is 50.4 Å². The predicted molar refractivity (Wildman–Crippen MR) is 94.7 cm³/mol. The third kappa shape index (κ3) is 3.56. The van der Waals surface area contributed by atoms with Crippen molar-refractivity contribution in [1.82, 2.24) is 10.2 Å². The van der Waals surface area contributed by atoms with Crippen LogP contribution in [-0.4, -0.2) is 61.8 Å². The van der Waals surface area contributed by atoms with Crippen LogP contribution in [0.5, 0.6) is 0 Å². The summed E-state index contributed by atoms with van der Waals surface area (Å²) in [4.78, 5) is 7.08. The number of aliphatic imine (C=N–C) groups is 1. The van der Waals surface area contributed by atoms with Crippen molar-refractivity contribution in [3.63, 3.8) is 0 Å². The average molecular weight is 326 g/mol. The highest BCUT2D eigenvalue weighted by Crippen LogP contribution is 2.36. The highest BCUT2D eigenvalue weighted by Gasteiger charge is 2.37. The monoisotopic (exact) mass is 325 g/mol. The third-order valence-corrected chi connectivity index (χ3v) is 7.31. The zero-order chi connectivity index (χ0) is 15.4. The van der Waals surface area contributed by atoms with Crippen molar-refractivity contribution in [3.8, 4) is 0 Å². The van der Waals surface area contributed by atoms with Crippen LogP contribution in [0.4, 0.5) is 0 Å². The molecule has 0 aromatic heterocycles. The van der Waals surface area contributed by atoms with E-state index < -0.39 is 0 Å². The summed E-state index contributed by atoms with van der Waals surface area (Å²) in [7, 11) is 1.93. The number of rotatable bonds is 3. The van der Waals surface area contributed by atoms with Crippen LogP contribution in [0.1, 0.15) is 38.5 Å². The fourth-order valence-electron chi connectivity index (χ4n) is 4.35. The molecule has 3 rings (SSSR count). The van der Waals surface area contributed by atoms with Crippen molar-refractivity contribution >= 4 is 17.7 Å². The van der Waals surface area contributed by atoms with Gasteiger partial charge in [0, 0.05) is 44.6 Å². The molecule has 2 atom stereocenters. The summed E-state index contributed by atoms with van der Waals surface area (Å²) >= 11 is 1.99. The maximum atomic E-state index is 5.54. The van der Waals surface area contributed by atoms with Gasteiger partial charge in [0.2, 0.25) is 0 Å². The minimum atomic E-state index is 0.320. The van der Waals surface area contributed by atoms with E-state index in [1.165, 1.54) is 38.8 Å². The van der Waals surface area contributed by atoms with Gasteiger partial charge in [-0.1, -0.05) is 12.8 Å². The lowest BCUT2D eigenvalue weighted by atomic mass is 9.82. The van der Waals surface area contributed by atoms with Crippen LogP contribution in [-0.2, 0) is 4.74 Å². The summed E-state index contributed by atoms with van der Waals surface area (Å²) in [6.45, 7) is 5.22. The lowest BCUT2D eigenvalue weighted by Crippen LogP contribution is -2.48. The van der Waals surface area contributed by atoms with Crippen molar-refractivity contribution in [2.24, 2.45) is 16.8 Å². The van der Waals surface area contributed by atoms with E-state index in [2.05, 4.69) is 21.5 Å². The van der Waals surface area contributed by atoms with Crippen LogP contribution < -0.4 is 5.32 Å². The second-order valence-electron chi connectivity index (χ2n) is 7.11. The third-order valence-electron chi connectivity index (χ3n) is 5.89. The van der Waals surface area contributed by atoms with Gasteiger partial charge in [0.05, 0.1) is 0 Å². The molecule has 5 heteroatoms. The summed E-state index contributed by atoms with van der Waals surface area (Å²) in [5.74, 6) is 2.93. The van der Waals surface area contributed by atoms with Gasteiger partial charge in [-0.15, -0.1) is 0 Å². The van der Waals surface area contributed by atoms with Crippen LogP contribution in [0, 0.1) is 11.8 Å². The summed E-state index contributed by atoms with van der Waals surface area (Å²) in [6.07, 6.45) is 10.2. The summed E-state index contributed by atoms with van der Waals surface area (Å²) < 4.78 is 5.86. The highest BCUT2D eigenvalue weighted by molar-refractivity contribution is 8.00. The van der Waals surface area contributed by atoms with Crippen molar-refractivity contribution in [1.29, 1.82) is 0 Å². The molecule has 1 aliphatic carbocycles. The second-order valence-corrected chi connectivity index (χ2v) is 8.38. The first-order valence-electron chi connectivity index (χ1n) is 8.85. The van der Waals surface area contributed by atoms with Crippen molar-refractivity contribution in [2.75, 3.05) is 46.2 Å². The zero-order valence-corrected chi connectivity index (χ0v) is 15.0. The van der Waals surface area contributed by atoms with E-state index in [9.17, 15) is 0 Å². The highest BCUT2D eigenvalue weighted by atomic mass is 32.2. The summed E-state index contributed by atoms with van der Waals surface area (Å²) in [6, 6.07) is 0. The van der Waals surface area contributed by atoms with E-state index in [1.54, 1.807) is 0 Å². The molecule has 1 saturated carbocycles. The molecule has 2 unspecified atom stereocenters. The second kappa shape index (κ2) is 7.43. The minimum Gasteiger partial charge on any atom is -0.381 e. The number of likely N-dealkylation sites (tertiary alicyclic amines) is 1. The Kier molecular flexibility index (Phi) is 5.55. The van der Waals surface area contributed by atoms with Gasteiger partial charge >= 0.3 is 0 Å². The molecule has 0 aromatic carbocycles. The van der Waals surface area contributed by atoms with E-state index >= 15 is 0 Å². The molecule has 4 nitrogen and oxygen atoms in total. The van der Waals surface area contributed by atoms with Gasteiger partial charge in [0.25, 0.3) is 0 Å². The standard InChI is InChI=1S/C17H31N3OS/c1-18-16(19-13-17(22-2)7-9-21-10-8-17)20-11-14-5-3-4-6-15(14)12-20/h14-15H,3-13H2,1-2H3,(H,18,19). The van der Waals surface area contributed by atoms with Crippen LogP contribution in [0.2, 0.25) is 0 Å². The van der Waals surface area contributed by atoms with Gasteiger partial charge in [-0.2, -0.15) is 11.8 Å². The largest absolute Gasteiger partial charge is 0.381 e. The number of nitrogens with one attached hydrogen (secondary N) is 1. The number of fused-ring (bicyclic) bond motifs is 1. The van der Waals surface area contributed by atoms with Gasteiger partial charge in [-0.3, -0.25) is 4.99 Å². The number of thioether (sulfide) groups is 1. The molecular weight excluding hydrogens is 294 g/mol. The topological polar surface area (TPSA) is 36.9 Å². The molecule has 0 radical (unpaired) electrons. The molecule has 1 N–H and O–H groups in total. The number of nitrogens with zero attached hydrogens (tertiary/aromatic N) is 2. The minimum absolute atomic E-state index is 0.320. The Bertz CT molecular complexity index is 381. The first-order chi connectivity index (χ1) is 10.8. The predicted octanol–water partition coefficient (Wildman–Crippen LogP) is 2.60. The summed E-state index contributed by atoms with van der Waals surface area (Å²) in [5, 5.41) is 3.68. The fraction of sp³-hybridized carbons (Fsp3) is 0.941. The van der Waals surface area contributed by atoms with Crippen LogP contribution >= 0.6 is 11.8 Å². The Labute approximate surface area is 139 Å².